The molecular formula is C15H21N3. The number of nitrogens with zero attached hydrogens (tertiary/aromatic N) is 2. The summed E-state index contributed by atoms with van der Waals surface area (Å²) in [6.45, 7) is 7.62. The zero-order valence-electron chi connectivity index (χ0n) is 11.2. The summed E-state index contributed by atoms with van der Waals surface area (Å²) in [5.41, 5.74) is 2.88. The Bertz CT molecular complexity index is 442. The van der Waals surface area contributed by atoms with Gasteiger partial charge >= 0.3 is 0 Å². The van der Waals surface area contributed by atoms with Crippen molar-refractivity contribution in [1.82, 2.24) is 4.90 Å². The molecular weight excluding hydrogens is 222 g/mol. The molecule has 0 saturated carbocycles. The van der Waals surface area contributed by atoms with Crippen LogP contribution in [0.5, 0.6) is 0 Å². The van der Waals surface area contributed by atoms with Gasteiger partial charge in [0.2, 0.25) is 0 Å². The van der Waals surface area contributed by atoms with E-state index in [0.29, 0.717) is 6.04 Å². The number of anilines is 1. The topological polar surface area (TPSA) is 39.1 Å². The van der Waals surface area contributed by atoms with E-state index in [9.17, 15) is 0 Å². The minimum atomic E-state index is 0.527. The summed E-state index contributed by atoms with van der Waals surface area (Å²) in [6, 6.07) is 8.69. The lowest BCUT2D eigenvalue weighted by atomic mass is 10.1. The molecule has 96 valence electrons. The quantitative estimate of drug-likeness (QED) is 0.883. The third-order valence-electron chi connectivity index (χ3n) is 3.65. The van der Waals surface area contributed by atoms with Gasteiger partial charge in [-0.2, -0.15) is 5.26 Å². The van der Waals surface area contributed by atoms with Crippen molar-refractivity contribution in [3.05, 3.63) is 29.3 Å². The van der Waals surface area contributed by atoms with E-state index in [4.69, 9.17) is 5.26 Å². The fourth-order valence-corrected chi connectivity index (χ4v) is 2.47. The van der Waals surface area contributed by atoms with Crippen LogP contribution in [0.3, 0.4) is 0 Å². The van der Waals surface area contributed by atoms with Crippen molar-refractivity contribution in [3.63, 3.8) is 0 Å². The third kappa shape index (κ3) is 3.02. The second-order valence-corrected chi connectivity index (χ2v) is 5.13. The lowest BCUT2D eigenvalue weighted by Crippen LogP contribution is -2.35. The number of nitrogens with one attached hydrogen (secondary N) is 1. The van der Waals surface area contributed by atoms with Crippen molar-refractivity contribution in [3.8, 4) is 6.07 Å². The Morgan fingerprint density at radius 1 is 1.39 bits per heavy atom. The number of hydrogen-bond donors (Lipinski definition) is 1. The highest BCUT2D eigenvalue weighted by Crippen LogP contribution is 2.18. The second kappa shape index (κ2) is 5.88. The molecule has 1 aromatic rings. The molecule has 0 aromatic heterocycles. The lowest BCUT2D eigenvalue weighted by molar-refractivity contribution is 0.269. The fraction of sp³-hybridized carbons (Fsp3) is 0.533. The summed E-state index contributed by atoms with van der Waals surface area (Å²) in [6.07, 6.45) is 2.64. The lowest BCUT2D eigenvalue weighted by Gasteiger charge is -2.24. The van der Waals surface area contributed by atoms with Crippen LogP contribution in [-0.4, -0.2) is 30.6 Å². The SMILES string of the molecule is Cc1ccc(C#N)c(NCC(C)N2CCCC2)c1. The monoisotopic (exact) mass is 243 g/mol. The van der Waals surface area contributed by atoms with Gasteiger partial charge in [0, 0.05) is 12.6 Å². The number of rotatable bonds is 4. The van der Waals surface area contributed by atoms with Gasteiger partial charge in [0.15, 0.2) is 0 Å². The van der Waals surface area contributed by atoms with E-state index in [1.165, 1.54) is 31.5 Å². The molecule has 18 heavy (non-hydrogen) atoms. The van der Waals surface area contributed by atoms with Crippen LogP contribution in [0.25, 0.3) is 0 Å². The predicted molar refractivity (Wildman–Crippen MR) is 74.7 cm³/mol. The largest absolute Gasteiger partial charge is 0.382 e. The maximum atomic E-state index is 9.09. The molecule has 0 bridgehead atoms. The van der Waals surface area contributed by atoms with Crippen LogP contribution in [0, 0.1) is 18.3 Å². The average molecular weight is 243 g/mol. The van der Waals surface area contributed by atoms with E-state index >= 15 is 0 Å². The molecule has 1 unspecified atom stereocenters. The normalized spacial score (nSPS) is 17.4. The van der Waals surface area contributed by atoms with Crippen LogP contribution >= 0.6 is 0 Å². The minimum Gasteiger partial charge on any atom is -0.382 e. The first-order valence-electron chi connectivity index (χ1n) is 6.69. The Kier molecular flexibility index (Phi) is 4.22. The van der Waals surface area contributed by atoms with Crippen LogP contribution in [0.15, 0.2) is 18.2 Å². The highest BCUT2D eigenvalue weighted by Gasteiger charge is 2.17. The first-order valence-corrected chi connectivity index (χ1v) is 6.69. The van der Waals surface area contributed by atoms with Gasteiger partial charge in [0.1, 0.15) is 6.07 Å². The summed E-state index contributed by atoms with van der Waals surface area (Å²) in [5.74, 6) is 0. The first kappa shape index (κ1) is 12.9. The Balaban J connectivity index is 1.97. The smallest absolute Gasteiger partial charge is 0.101 e. The Morgan fingerprint density at radius 2 is 2.11 bits per heavy atom. The van der Waals surface area contributed by atoms with Crippen molar-refractivity contribution in [2.24, 2.45) is 0 Å². The zero-order chi connectivity index (χ0) is 13.0. The Morgan fingerprint density at radius 3 is 2.78 bits per heavy atom. The summed E-state index contributed by atoms with van der Waals surface area (Å²) in [4.78, 5) is 2.51. The van der Waals surface area contributed by atoms with E-state index < -0.39 is 0 Å². The van der Waals surface area contributed by atoms with Gasteiger partial charge in [-0.15, -0.1) is 0 Å². The van der Waals surface area contributed by atoms with Crippen LogP contribution in [0.1, 0.15) is 30.9 Å². The Hall–Kier alpha value is -1.53. The molecule has 0 amide bonds. The molecule has 0 radical (unpaired) electrons. The Labute approximate surface area is 109 Å². The van der Waals surface area contributed by atoms with Gasteiger partial charge in [-0.3, -0.25) is 4.90 Å². The molecule has 1 aromatic carbocycles. The molecule has 1 N–H and O–H groups in total. The fourth-order valence-electron chi connectivity index (χ4n) is 2.47. The highest BCUT2D eigenvalue weighted by molar-refractivity contribution is 5.58. The minimum absolute atomic E-state index is 0.527. The standard InChI is InChI=1S/C15H21N3/c1-12-5-6-14(10-16)15(9-12)17-11-13(2)18-7-3-4-8-18/h5-6,9,13,17H,3-4,7-8,11H2,1-2H3. The average Bonchev–Trinajstić information content (AvgIpc) is 2.90. The van der Waals surface area contributed by atoms with E-state index in [0.717, 1.165) is 17.8 Å². The van der Waals surface area contributed by atoms with Gasteiger partial charge in [0.05, 0.1) is 11.3 Å². The van der Waals surface area contributed by atoms with Crippen molar-refractivity contribution in [2.45, 2.75) is 32.7 Å². The van der Waals surface area contributed by atoms with Crippen LogP contribution < -0.4 is 5.32 Å². The van der Waals surface area contributed by atoms with Crippen molar-refractivity contribution in [2.75, 3.05) is 25.0 Å². The molecule has 3 nitrogen and oxygen atoms in total. The zero-order valence-corrected chi connectivity index (χ0v) is 11.2. The molecule has 1 aliphatic heterocycles. The first-order chi connectivity index (χ1) is 8.70. The molecule has 2 rings (SSSR count). The predicted octanol–water partition coefficient (Wildman–Crippen LogP) is 2.76. The maximum absolute atomic E-state index is 9.09. The number of likely N-dealkylation sites (tertiary alicyclic amines) is 1. The number of nitriles is 1. The molecule has 0 spiro atoms. The van der Waals surface area contributed by atoms with Crippen LogP contribution in [-0.2, 0) is 0 Å². The molecule has 1 fully saturated rings. The van der Waals surface area contributed by atoms with E-state index in [1.807, 2.05) is 12.1 Å². The number of benzene rings is 1. The number of aryl methyl sites for hydroxylation is 1. The van der Waals surface area contributed by atoms with Crippen molar-refractivity contribution in [1.29, 1.82) is 5.26 Å². The van der Waals surface area contributed by atoms with Crippen LogP contribution in [0.4, 0.5) is 5.69 Å². The summed E-state index contributed by atoms with van der Waals surface area (Å²) < 4.78 is 0. The van der Waals surface area contributed by atoms with E-state index in [-0.39, 0.29) is 0 Å². The van der Waals surface area contributed by atoms with Crippen molar-refractivity contribution < 1.29 is 0 Å². The number of hydrogen-bond acceptors (Lipinski definition) is 3. The summed E-state index contributed by atoms with van der Waals surface area (Å²) in [5, 5.41) is 12.5. The van der Waals surface area contributed by atoms with Crippen molar-refractivity contribution >= 4 is 5.69 Å². The van der Waals surface area contributed by atoms with E-state index in [1.54, 1.807) is 0 Å². The van der Waals surface area contributed by atoms with Gasteiger partial charge in [0.25, 0.3) is 0 Å². The molecule has 1 heterocycles. The summed E-state index contributed by atoms with van der Waals surface area (Å²) in [7, 11) is 0. The third-order valence-corrected chi connectivity index (χ3v) is 3.65. The maximum Gasteiger partial charge on any atom is 0.101 e. The van der Waals surface area contributed by atoms with Gasteiger partial charge in [-0.1, -0.05) is 6.07 Å². The highest BCUT2D eigenvalue weighted by atomic mass is 15.2. The molecule has 0 aliphatic carbocycles. The van der Waals surface area contributed by atoms with Gasteiger partial charge in [-0.05, 0) is 57.5 Å². The molecule has 3 heteroatoms. The summed E-state index contributed by atoms with van der Waals surface area (Å²) >= 11 is 0. The van der Waals surface area contributed by atoms with Gasteiger partial charge in [-0.25, -0.2) is 0 Å². The molecule has 1 saturated heterocycles. The molecule has 1 atom stereocenters. The molecule has 1 aliphatic rings. The van der Waals surface area contributed by atoms with Gasteiger partial charge < -0.3 is 5.32 Å². The van der Waals surface area contributed by atoms with Crippen LogP contribution in [0.2, 0.25) is 0 Å². The van der Waals surface area contributed by atoms with E-state index in [2.05, 4.69) is 36.2 Å². The second-order valence-electron chi connectivity index (χ2n) is 5.13.